The van der Waals surface area contributed by atoms with E-state index >= 15 is 0 Å². The minimum absolute atomic E-state index is 0.120. The number of sulfonamides is 1. The Balaban J connectivity index is 1.72. The number of carbonyl (C=O) groups is 1. The molecule has 2 aromatic carbocycles. The zero-order chi connectivity index (χ0) is 17.9. The molecule has 132 valence electrons. The molecule has 0 radical (unpaired) electrons. The summed E-state index contributed by atoms with van der Waals surface area (Å²) < 4.78 is 27.6. The molecule has 25 heavy (non-hydrogen) atoms. The average Bonchev–Trinajstić information content (AvgIpc) is 3.10. The fourth-order valence-electron chi connectivity index (χ4n) is 2.72. The first kappa shape index (κ1) is 17.4. The SMILES string of the molecule is Cc1ccccc1NS(=O)(=O)c1ccc(C(=O)NC2CCNC2)cc1. The average molecular weight is 359 g/mol. The number of aryl methyl sites for hydroxylation is 1. The smallest absolute Gasteiger partial charge is 0.261 e. The van der Waals surface area contributed by atoms with Crippen molar-refractivity contribution in [1.29, 1.82) is 0 Å². The van der Waals surface area contributed by atoms with E-state index < -0.39 is 10.0 Å². The van der Waals surface area contributed by atoms with Gasteiger partial charge in [-0.25, -0.2) is 8.42 Å². The van der Waals surface area contributed by atoms with Crippen LogP contribution in [0.4, 0.5) is 5.69 Å². The van der Waals surface area contributed by atoms with Crippen molar-refractivity contribution in [2.24, 2.45) is 0 Å². The number of hydrogen-bond acceptors (Lipinski definition) is 4. The van der Waals surface area contributed by atoms with E-state index in [1.807, 2.05) is 19.1 Å². The Morgan fingerprint density at radius 1 is 1.12 bits per heavy atom. The molecular weight excluding hydrogens is 338 g/mol. The Bertz CT molecular complexity index is 857. The molecule has 0 aromatic heterocycles. The van der Waals surface area contributed by atoms with Gasteiger partial charge in [0.1, 0.15) is 0 Å². The van der Waals surface area contributed by atoms with E-state index in [-0.39, 0.29) is 16.8 Å². The predicted molar refractivity (Wildman–Crippen MR) is 97.2 cm³/mol. The third-order valence-corrected chi connectivity index (χ3v) is 5.59. The lowest BCUT2D eigenvalue weighted by Gasteiger charge is -2.12. The highest BCUT2D eigenvalue weighted by Gasteiger charge is 2.19. The van der Waals surface area contributed by atoms with E-state index in [1.54, 1.807) is 12.1 Å². The van der Waals surface area contributed by atoms with Crippen LogP contribution < -0.4 is 15.4 Å². The Morgan fingerprint density at radius 3 is 2.48 bits per heavy atom. The third-order valence-electron chi connectivity index (χ3n) is 4.21. The first-order valence-corrected chi connectivity index (χ1v) is 9.64. The highest BCUT2D eigenvalue weighted by atomic mass is 32.2. The van der Waals surface area contributed by atoms with Crippen LogP contribution in [-0.4, -0.2) is 33.5 Å². The van der Waals surface area contributed by atoms with Gasteiger partial charge in [-0.05, 0) is 55.8 Å². The molecule has 1 heterocycles. The van der Waals surface area contributed by atoms with Gasteiger partial charge in [-0.1, -0.05) is 18.2 Å². The molecule has 1 aliphatic heterocycles. The summed E-state index contributed by atoms with van der Waals surface area (Å²) in [5.41, 5.74) is 1.83. The van der Waals surface area contributed by atoms with Crippen LogP contribution >= 0.6 is 0 Å². The largest absolute Gasteiger partial charge is 0.348 e. The summed E-state index contributed by atoms with van der Waals surface area (Å²) in [4.78, 5) is 12.3. The first-order valence-electron chi connectivity index (χ1n) is 8.16. The van der Waals surface area contributed by atoms with Crippen molar-refractivity contribution < 1.29 is 13.2 Å². The normalized spacial score (nSPS) is 17.2. The standard InChI is InChI=1S/C18H21N3O3S/c1-13-4-2-3-5-17(13)21-25(23,24)16-8-6-14(7-9-16)18(22)20-15-10-11-19-12-15/h2-9,15,19,21H,10-12H2,1H3,(H,20,22). The topological polar surface area (TPSA) is 87.3 Å². The molecule has 1 amide bonds. The number of hydrogen-bond donors (Lipinski definition) is 3. The van der Waals surface area contributed by atoms with Crippen LogP contribution in [0.1, 0.15) is 22.3 Å². The second-order valence-corrected chi connectivity index (χ2v) is 7.79. The van der Waals surface area contributed by atoms with E-state index in [1.165, 1.54) is 24.3 Å². The third kappa shape index (κ3) is 4.18. The highest BCUT2D eigenvalue weighted by molar-refractivity contribution is 7.92. The first-order chi connectivity index (χ1) is 12.0. The van der Waals surface area contributed by atoms with E-state index in [2.05, 4.69) is 15.4 Å². The lowest BCUT2D eigenvalue weighted by molar-refractivity contribution is 0.0940. The van der Waals surface area contributed by atoms with Gasteiger partial charge in [-0.3, -0.25) is 9.52 Å². The zero-order valence-electron chi connectivity index (χ0n) is 14.0. The molecule has 1 fully saturated rings. The maximum Gasteiger partial charge on any atom is 0.261 e. The summed E-state index contributed by atoms with van der Waals surface area (Å²) in [7, 11) is -3.69. The summed E-state index contributed by atoms with van der Waals surface area (Å²) in [5.74, 6) is -0.190. The van der Waals surface area contributed by atoms with Gasteiger partial charge in [-0.15, -0.1) is 0 Å². The molecular formula is C18H21N3O3S. The number of carbonyl (C=O) groups excluding carboxylic acids is 1. The zero-order valence-corrected chi connectivity index (χ0v) is 14.8. The van der Waals surface area contributed by atoms with Crippen LogP contribution in [0, 0.1) is 6.92 Å². The molecule has 0 saturated carbocycles. The van der Waals surface area contributed by atoms with Gasteiger partial charge < -0.3 is 10.6 Å². The Hall–Kier alpha value is -2.38. The van der Waals surface area contributed by atoms with Gasteiger partial charge in [0.15, 0.2) is 0 Å². The Labute approximate surface area is 147 Å². The second-order valence-electron chi connectivity index (χ2n) is 6.11. The lowest BCUT2D eigenvalue weighted by Crippen LogP contribution is -2.36. The number of benzene rings is 2. The number of amides is 1. The van der Waals surface area contributed by atoms with Crippen LogP contribution in [0.5, 0.6) is 0 Å². The quantitative estimate of drug-likeness (QED) is 0.761. The maximum absolute atomic E-state index is 12.5. The molecule has 1 saturated heterocycles. The van der Waals surface area contributed by atoms with Crippen molar-refractivity contribution >= 4 is 21.6 Å². The molecule has 0 bridgehead atoms. The monoisotopic (exact) mass is 359 g/mol. The number of nitrogens with one attached hydrogen (secondary N) is 3. The fourth-order valence-corrected chi connectivity index (χ4v) is 3.85. The van der Waals surface area contributed by atoms with E-state index in [4.69, 9.17) is 0 Å². The fraction of sp³-hybridized carbons (Fsp3) is 0.278. The van der Waals surface area contributed by atoms with Crippen LogP contribution in [0.15, 0.2) is 53.4 Å². The molecule has 0 spiro atoms. The molecule has 3 N–H and O–H groups in total. The number of para-hydroxylation sites is 1. The van der Waals surface area contributed by atoms with E-state index in [9.17, 15) is 13.2 Å². The molecule has 3 rings (SSSR count). The molecule has 0 aliphatic carbocycles. The molecule has 7 heteroatoms. The summed E-state index contributed by atoms with van der Waals surface area (Å²) in [6.45, 7) is 3.49. The number of rotatable bonds is 5. The van der Waals surface area contributed by atoms with Crippen molar-refractivity contribution in [3.8, 4) is 0 Å². The summed E-state index contributed by atoms with van der Waals surface area (Å²) in [5, 5.41) is 6.12. The maximum atomic E-state index is 12.5. The molecule has 1 unspecified atom stereocenters. The van der Waals surface area contributed by atoms with Gasteiger partial charge in [0.2, 0.25) is 0 Å². The minimum atomic E-state index is -3.69. The van der Waals surface area contributed by atoms with Gasteiger partial charge in [0, 0.05) is 18.2 Å². The van der Waals surface area contributed by atoms with Crippen LogP contribution in [-0.2, 0) is 10.0 Å². The van der Waals surface area contributed by atoms with Gasteiger partial charge in [0.25, 0.3) is 15.9 Å². The Morgan fingerprint density at radius 2 is 1.84 bits per heavy atom. The van der Waals surface area contributed by atoms with Crippen molar-refractivity contribution in [2.75, 3.05) is 17.8 Å². The van der Waals surface area contributed by atoms with Crippen LogP contribution in [0.3, 0.4) is 0 Å². The molecule has 1 atom stereocenters. The van der Waals surface area contributed by atoms with E-state index in [0.717, 1.165) is 25.1 Å². The van der Waals surface area contributed by atoms with E-state index in [0.29, 0.717) is 11.3 Å². The minimum Gasteiger partial charge on any atom is -0.348 e. The Kier molecular flexibility index (Phi) is 5.06. The summed E-state index contributed by atoms with van der Waals surface area (Å²) >= 11 is 0. The second kappa shape index (κ2) is 7.25. The lowest BCUT2D eigenvalue weighted by atomic mass is 10.2. The van der Waals surface area contributed by atoms with Crippen molar-refractivity contribution in [2.45, 2.75) is 24.3 Å². The molecule has 1 aliphatic rings. The summed E-state index contributed by atoms with van der Waals surface area (Å²) in [6, 6.07) is 13.3. The van der Waals surface area contributed by atoms with Crippen LogP contribution in [0.25, 0.3) is 0 Å². The van der Waals surface area contributed by atoms with Crippen molar-refractivity contribution in [1.82, 2.24) is 10.6 Å². The van der Waals surface area contributed by atoms with Gasteiger partial charge in [0.05, 0.1) is 10.6 Å². The van der Waals surface area contributed by atoms with Crippen molar-refractivity contribution in [3.05, 3.63) is 59.7 Å². The summed E-state index contributed by atoms with van der Waals surface area (Å²) in [6.07, 6.45) is 0.901. The predicted octanol–water partition coefficient (Wildman–Crippen LogP) is 1.89. The molecule has 2 aromatic rings. The van der Waals surface area contributed by atoms with Crippen LogP contribution in [0.2, 0.25) is 0 Å². The highest BCUT2D eigenvalue weighted by Crippen LogP contribution is 2.19. The van der Waals surface area contributed by atoms with Crippen molar-refractivity contribution in [3.63, 3.8) is 0 Å². The van der Waals surface area contributed by atoms with Gasteiger partial charge in [-0.2, -0.15) is 0 Å². The molecule has 6 nitrogen and oxygen atoms in total. The van der Waals surface area contributed by atoms with Gasteiger partial charge >= 0.3 is 0 Å². The number of anilines is 1.